The van der Waals surface area contributed by atoms with Gasteiger partial charge in [0.15, 0.2) is 0 Å². The zero-order valence-corrected chi connectivity index (χ0v) is 12.2. The van der Waals surface area contributed by atoms with E-state index in [0.717, 1.165) is 0 Å². The molecular formula is C13H24N2O4. The number of carbonyl (C=O) groups excluding carboxylic acids is 2. The average Bonchev–Trinajstić information content (AvgIpc) is 2.38. The molecule has 0 radical (unpaired) electrons. The molecule has 0 rings (SSSR count). The first-order chi connectivity index (χ1) is 8.84. The Morgan fingerprint density at radius 1 is 1.05 bits per heavy atom. The zero-order valence-electron chi connectivity index (χ0n) is 12.2. The third kappa shape index (κ3) is 5.72. The minimum absolute atomic E-state index is 0.0340. The van der Waals surface area contributed by atoms with Crippen molar-refractivity contribution in [3.63, 3.8) is 0 Å². The molecule has 1 unspecified atom stereocenters. The molecule has 6 heteroatoms. The van der Waals surface area contributed by atoms with Crippen LogP contribution in [0.15, 0.2) is 0 Å². The molecule has 0 aliphatic rings. The van der Waals surface area contributed by atoms with Crippen LogP contribution in [-0.4, -0.2) is 58.9 Å². The summed E-state index contributed by atoms with van der Waals surface area (Å²) in [5.41, 5.74) is 0. The Balaban J connectivity index is 4.11. The number of carboxylic acids is 1. The van der Waals surface area contributed by atoms with Gasteiger partial charge in [-0.2, -0.15) is 0 Å². The lowest BCUT2D eigenvalue weighted by atomic mass is 10.2. The predicted molar refractivity (Wildman–Crippen MR) is 71.6 cm³/mol. The van der Waals surface area contributed by atoms with Crippen LogP contribution in [0.3, 0.4) is 0 Å². The molecule has 110 valence electrons. The van der Waals surface area contributed by atoms with Crippen molar-refractivity contribution >= 4 is 17.8 Å². The smallest absolute Gasteiger partial charge is 0.326 e. The van der Waals surface area contributed by atoms with Gasteiger partial charge in [-0.25, -0.2) is 4.79 Å². The van der Waals surface area contributed by atoms with Gasteiger partial charge in [-0.3, -0.25) is 9.59 Å². The quantitative estimate of drug-likeness (QED) is 0.714. The van der Waals surface area contributed by atoms with E-state index in [1.807, 2.05) is 13.8 Å². The number of hydrogen-bond donors (Lipinski definition) is 1. The summed E-state index contributed by atoms with van der Waals surface area (Å²) >= 11 is 0. The topological polar surface area (TPSA) is 77.9 Å². The maximum absolute atomic E-state index is 11.7. The lowest BCUT2D eigenvalue weighted by molar-refractivity contribution is -0.148. The van der Waals surface area contributed by atoms with E-state index in [0.29, 0.717) is 25.9 Å². The molecule has 19 heavy (non-hydrogen) atoms. The van der Waals surface area contributed by atoms with Crippen LogP contribution >= 0.6 is 0 Å². The van der Waals surface area contributed by atoms with E-state index in [-0.39, 0.29) is 18.2 Å². The van der Waals surface area contributed by atoms with E-state index in [4.69, 9.17) is 5.11 Å². The highest BCUT2D eigenvalue weighted by Crippen LogP contribution is 2.05. The highest BCUT2D eigenvalue weighted by molar-refractivity contribution is 5.83. The van der Waals surface area contributed by atoms with Gasteiger partial charge in [0.2, 0.25) is 11.8 Å². The van der Waals surface area contributed by atoms with E-state index in [1.165, 1.54) is 18.9 Å². The zero-order chi connectivity index (χ0) is 15.0. The molecule has 2 amide bonds. The van der Waals surface area contributed by atoms with Gasteiger partial charge in [0.05, 0.1) is 0 Å². The average molecular weight is 272 g/mol. The number of rotatable bonds is 8. The summed E-state index contributed by atoms with van der Waals surface area (Å²) in [4.78, 5) is 37.1. The Hall–Kier alpha value is -1.59. The van der Waals surface area contributed by atoms with Crippen molar-refractivity contribution in [2.75, 3.05) is 20.1 Å². The lowest BCUT2D eigenvalue weighted by Gasteiger charge is -2.22. The molecule has 0 spiro atoms. The summed E-state index contributed by atoms with van der Waals surface area (Å²) in [6, 6.07) is -0.842. The first-order valence-corrected chi connectivity index (χ1v) is 6.61. The second-order valence-electron chi connectivity index (χ2n) is 4.44. The van der Waals surface area contributed by atoms with Crippen LogP contribution in [0.1, 0.15) is 40.0 Å². The molecule has 1 atom stereocenters. The second kappa shape index (κ2) is 8.50. The second-order valence-corrected chi connectivity index (χ2v) is 4.44. The Labute approximate surface area is 114 Å². The Bertz CT molecular complexity index is 327. The molecule has 1 N–H and O–H groups in total. The van der Waals surface area contributed by atoms with Crippen molar-refractivity contribution in [2.24, 2.45) is 0 Å². The van der Waals surface area contributed by atoms with Crippen LogP contribution in [0.2, 0.25) is 0 Å². The summed E-state index contributed by atoms with van der Waals surface area (Å²) in [5, 5.41) is 8.80. The molecule has 0 aromatic heterocycles. The molecule has 0 aliphatic heterocycles. The molecule has 0 bridgehead atoms. The van der Waals surface area contributed by atoms with E-state index >= 15 is 0 Å². The summed E-state index contributed by atoms with van der Waals surface area (Å²) in [6.45, 7) is 6.61. The van der Waals surface area contributed by atoms with Gasteiger partial charge in [0.1, 0.15) is 6.04 Å². The van der Waals surface area contributed by atoms with Crippen molar-refractivity contribution in [3.05, 3.63) is 0 Å². The van der Waals surface area contributed by atoms with Gasteiger partial charge < -0.3 is 14.9 Å². The fourth-order valence-corrected chi connectivity index (χ4v) is 1.68. The fourth-order valence-electron chi connectivity index (χ4n) is 1.68. The van der Waals surface area contributed by atoms with Gasteiger partial charge in [-0.05, 0) is 27.2 Å². The van der Waals surface area contributed by atoms with Gasteiger partial charge in [0, 0.05) is 33.0 Å². The molecule has 0 heterocycles. The van der Waals surface area contributed by atoms with E-state index in [2.05, 4.69) is 0 Å². The number of carbonyl (C=O) groups is 3. The number of likely N-dealkylation sites (N-methyl/N-ethyl adjacent to an activating group) is 1. The minimum atomic E-state index is -1.03. The minimum Gasteiger partial charge on any atom is -0.480 e. The molecular weight excluding hydrogens is 248 g/mol. The Morgan fingerprint density at radius 3 is 1.95 bits per heavy atom. The van der Waals surface area contributed by atoms with Crippen molar-refractivity contribution in [1.29, 1.82) is 0 Å². The lowest BCUT2D eigenvalue weighted by Crippen LogP contribution is -2.40. The first-order valence-electron chi connectivity index (χ1n) is 6.61. The van der Waals surface area contributed by atoms with Crippen molar-refractivity contribution in [1.82, 2.24) is 9.80 Å². The van der Waals surface area contributed by atoms with Crippen molar-refractivity contribution in [3.8, 4) is 0 Å². The van der Waals surface area contributed by atoms with Crippen molar-refractivity contribution in [2.45, 2.75) is 46.1 Å². The van der Waals surface area contributed by atoms with Gasteiger partial charge in [0.25, 0.3) is 0 Å². The van der Waals surface area contributed by atoms with Crippen molar-refractivity contribution < 1.29 is 19.5 Å². The van der Waals surface area contributed by atoms with E-state index < -0.39 is 12.0 Å². The van der Waals surface area contributed by atoms with Crippen LogP contribution in [0.4, 0.5) is 0 Å². The molecule has 0 saturated heterocycles. The summed E-state index contributed by atoms with van der Waals surface area (Å²) in [5.74, 6) is -1.25. The van der Waals surface area contributed by atoms with Crippen LogP contribution in [0, 0.1) is 0 Å². The van der Waals surface area contributed by atoms with Crippen LogP contribution in [0.25, 0.3) is 0 Å². The number of nitrogens with zero attached hydrogens (tertiary/aromatic N) is 2. The predicted octanol–water partition coefficient (Wildman–Crippen LogP) is 0.957. The number of hydrogen-bond acceptors (Lipinski definition) is 3. The Kier molecular flexibility index (Phi) is 7.79. The molecule has 0 aliphatic carbocycles. The largest absolute Gasteiger partial charge is 0.480 e. The standard InChI is InChI=1S/C13H24N2O4/c1-5-15(6-2)12(17)9-7-8-11(16)14(4)10(3)13(18)19/h10H,5-9H2,1-4H3,(H,18,19). The van der Waals surface area contributed by atoms with E-state index in [1.54, 1.807) is 4.90 Å². The van der Waals surface area contributed by atoms with Crippen LogP contribution in [0.5, 0.6) is 0 Å². The first kappa shape index (κ1) is 17.4. The highest BCUT2D eigenvalue weighted by Gasteiger charge is 2.21. The van der Waals surface area contributed by atoms with E-state index in [9.17, 15) is 14.4 Å². The molecule has 0 aromatic rings. The Morgan fingerprint density at radius 2 is 1.53 bits per heavy atom. The molecule has 0 aromatic carbocycles. The maximum Gasteiger partial charge on any atom is 0.326 e. The van der Waals surface area contributed by atoms with Gasteiger partial charge in [-0.15, -0.1) is 0 Å². The summed E-state index contributed by atoms with van der Waals surface area (Å²) in [6.07, 6.45) is 0.967. The monoisotopic (exact) mass is 272 g/mol. The van der Waals surface area contributed by atoms with Crippen LogP contribution < -0.4 is 0 Å². The normalized spacial score (nSPS) is 11.8. The number of carboxylic acid groups (broad SMARTS) is 1. The van der Waals surface area contributed by atoms with Gasteiger partial charge >= 0.3 is 5.97 Å². The van der Waals surface area contributed by atoms with Gasteiger partial charge in [-0.1, -0.05) is 0 Å². The number of aliphatic carboxylic acids is 1. The SMILES string of the molecule is CCN(CC)C(=O)CCCC(=O)N(C)C(C)C(=O)O. The molecule has 0 fully saturated rings. The summed E-state index contributed by atoms with van der Waals surface area (Å²) < 4.78 is 0. The third-order valence-corrected chi connectivity index (χ3v) is 3.23. The molecule has 6 nitrogen and oxygen atoms in total. The maximum atomic E-state index is 11.7. The number of amides is 2. The summed E-state index contributed by atoms with van der Waals surface area (Å²) in [7, 11) is 1.47. The highest BCUT2D eigenvalue weighted by atomic mass is 16.4. The molecule has 0 saturated carbocycles. The van der Waals surface area contributed by atoms with Crippen LogP contribution in [-0.2, 0) is 14.4 Å². The third-order valence-electron chi connectivity index (χ3n) is 3.23. The fraction of sp³-hybridized carbons (Fsp3) is 0.769.